The van der Waals surface area contributed by atoms with Crippen molar-refractivity contribution in [2.75, 3.05) is 5.73 Å². The minimum absolute atomic E-state index is 0.379. The number of nitrogens with two attached hydrogens (primary N) is 1. The second-order valence-electron chi connectivity index (χ2n) is 2.86. The van der Waals surface area contributed by atoms with Gasteiger partial charge in [-0.1, -0.05) is 19.8 Å². The molecule has 66 valence electrons. The van der Waals surface area contributed by atoms with Crippen molar-refractivity contribution < 1.29 is 0 Å². The lowest BCUT2D eigenvalue weighted by Gasteiger charge is -1.99. The van der Waals surface area contributed by atoms with Gasteiger partial charge in [-0.2, -0.15) is 0 Å². The van der Waals surface area contributed by atoms with E-state index in [1.54, 1.807) is 6.20 Å². The number of nitrogen functional groups attached to an aromatic ring is 1. The van der Waals surface area contributed by atoms with Gasteiger partial charge < -0.3 is 5.73 Å². The van der Waals surface area contributed by atoms with Crippen LogP contribution in [0.5, 0.6) is 0 Å². The molecule has 0 aliphatic heterocycles. The first kappa shape index (κ1) is 8.97. The first-order valence-corrected chi connectivity index (χ1v) is 4.40. The highest BCUT2D eigenvalue weighted by molar-refractivity contribution is 5.17. The van der Waals surface area contributed by atoms with Gasteiger partial charge in [-0.05, 0) is 18.9 Å². The van der Waals surface area contributed by atoms with Gasteiger partial charge in [0.25, 0.3) is 0 Å². The summed E-state index contributed by atoms with van der Waals surface area (Å²) in [6.07, 6.45) is 6.40. The fraction of sp³-hybridized carbons (Fsp3) is 0.556. The van der Waals surface area contributed by atoms with Gasteiger partial charge in [0.2, 0.25) is 5.95 Å². The number of hydrogen-bond acceptors (Lipinski definition) is 3. The third kappa shape index (κ3) is 2.86. The SMILES string of the molecule is CCCCCc1ccnc(N)n1. The Hall–Kier alpha value is -1.12. The molecule has 0 bridgehead atoms. The fourth-order valence-electron chi connectivity index (χ4n) is 1.11. The molecule has 1 rings (SSSR count). The highest BCUT2D eigenvalue weighted by Gasteiger charge is 1.94. The third-order valence-electron chi connectivity index (χ3n) is 1.77. The van der Waals surface area contributed by atoms with Crippen molar-refractivity contribution in [2.24, 2.45) is 0 Å². The lowest BCUT2D eigenvalue weighted by molar-refractivity contribution is 0.706. The van der Waals surface area contributed by atoms with E-state index in [1.165, 1.54) is 19.3 Å². The summed E-state index contributed by atoms with van der Waals surface area (Å²) in [4.78, 5) is 7.95. The Balaban J connectivity index is 2.41. The number of aromatic nitrogens is 2. The van der Waals surface area contributed by atoms with Crippen molar-refractivity contribution in [3.8, 4) is 0 Å². The molecule has 0 aliphatic rings. The summed E-state index contributed by atoms with van der Waals surface area (Å²) in [6.45, 7) is 2.19. The summed E-state index contributed by atoms with van der Waals surface area (Å²) in [7, 11) is 0. The summed E-state index contributed by atoms with van der Waals surface area (Å²) >= 11 is 0. The molecule has 0 aliphatic carbocycles. The molecule has 2 N–H and O–H groups in total. The lowest BCUT2D eigenvalue weighted by atomic mass is 10.1. The molecule has 0 saturated carbocycles. The van der Waals surface area contributed by atoms with Crippen LogP contribution in [-0.4, -0.2) is 9.97 Å². The highest BCUT2D eigenvalue weighted by Crippen LogP contribution is 2.03. The maximum absolute atomic E-state index is 5.44. The van der Waals surface area contributed by atoms with Crippen LogP contribution in [0.4, 0.5) is 5.95 Å². The van der Waals surface area contributed by atoms with E-state index >= 15 is 0 Å². The summed E-state index contributed by atoms with van der Waals surface area (Å²) in [5.41, 5.74) is 6.49. The van der Waals surface area contributed by atoms with Gasteiger partial charge in [-0.3, -0.25) is 0 Å². The van der Waals surface area contributed by atoms with E-state index in [9.17, 15) is 0 Å². The van der Waals surface area contributed by atoms with Gasteiger partial charge in [-0.15, -0.1) is 0 Å². The quantitative estimate of drug-likeness (QED) is 0.692. The average Bonchev–Trinajstić information content (AvgIpc) is 2.05. The van der Waals surface area contributed by atoms with Crippen LogP contribution in [0.25, 0.3) is 0 Å². The number of nitrogens with zero attached hydrogens (tertiary/aromatic N) is 2. The Morgan fingerprint density at radius 3 is 2.92 bits per heavy atom. The van der Waals surface area contributed by atoms with Crippen molar-refractivity contribution >= 4 is 5.95 Å². The Morgan fingerprint density at radius 2 is 2.25 bits per heavy atom. The molecule has 0 radical (unpaired) electrons. The Kier molecular flexibility index (Phi) is 3.51. The highest BCUT2D eigenvalue weighted by atomic mass is 15.0. The normalized spacial score (nSPS) is 10.1. The van der Waals surface area contributed by atoms with E-state index < -0.39 is 0 Å². The van der Waals surface area contributed by atoms with Gasteiger partial charge >= 0.3 is 0 Å². The van der Waals surface area contributed by atoms with Crippen LogP contribution in [0.3, 0.4) is 0 Å². The van der Waals surface area contributed by atoms with Crippen LogP contribution in [0, 0.1) is 0 Å². The molecule has 0 fully saturated rings. The van der Waals surface area contributed by atoms with Crippen LogP contribution >= 0.6 is 0 Å². The number of aryl methyl sites for hydroxylation is 1. The minimum Gasteiger partial charge on any atom is -0.368 e. The molecular formula is C9H15N3. The average molecular weight is 165 g/mol. The van der Waals surface area contributed by atoms with Crippen LogP contribution in [0.1, 0.15) is 31.9 Å². The van der Waals surface area contributed by atoms with E-state index in [4.69, 9.17) is 5.73 Å². The van der Waals surface area contributed by atoms with Crippen LogP contribution in [0.15, 0.2) is 12.3 Å². The molecule has 0 saturated heterocycles. The maximum Gasteiger partial charge on any atom is 0.220 e. The molecule has 12 heavy (non-hydrogen) atoms. The fourth-order valence-corrected chi connectivity index (χ4v) is 1.11. The Bertz CT molecular complexity index is 235. The van der Waals surface area contributed by atoms with Crippen molar-refractivity contribution in [3.63, 3.8) is 0 Å². The molecule has 1 aromatic rings. The van der Waals surface area contributed by atoms with E-state index in [2.05, 4.69) is 16.9 Å². The monoisotopic (exact) mass is 165 g/mol. The largest absolute Gasteiger partial charge is 0.368 e. The number of anilines is 1. The van der Waals surface area contributed by atoms with Crippen molar-refractivity contribution in [1.82, 2.24) is 9.97 Å². The van der Waals surface area contributed by atoms with Gasteiger partial charge in [0, 0.05) is 11.9 Å². The van der Waals surface area contributed by atoms with Gasteiger partial charge in [-0.25, -0.2) is 9.97 Å². The van der Waals surface area contributed by atoms with E-state index in [0.717, 1.165) is 12.1 Å². The topological polar surface area (TPSA) is 51.8 Å². The molecule has 0 amide bonds. The molecule has 0 aromatic carbocycles. The summed E-state index contributed by atoms with van der Waals surface area (Å²) in [5, 5.41) is 0. The van der Waals surface area contributed by atoms with E-state index in [0.29, 0.717) is 5.95 Å². The molecular weight excluding hydrogens is 150 g/mol. The molecule has 3 heteroatoms. The smallest absolute Gasteiger partial charge is 0.220 e. The molecule has 0 atom stereocenters. The van der Waals surface area contributed by atoms with Crippen molar-refractivity contribution in [2.45, 2.75) is 32.6 Å². The van der Waals surface area contributed by atoms with Crippen LogP contribution in [-0.2, 0) is 6.42 Å². The summed E-state index contributed by atoms with van der Waals surface area (Å²) in [6, 6.07) is 1.92. The van der Waals surface area contributed by atoms with Crippen LogP contribution < -0.4 is 5.73 Å². The predicted molar refractivity (Wildman–Crippen MR) is 49.7 cm³/mol. The first-order chi connectivity index (χ1) is 5.83. The van der Waals surface area contributed by atoms with Crippen molar-refractivity contribution in [3.05, 3.63) is 18.0 Å². The van der Waals surface area contributed by atoms with E-state index in [1.807, 2.05) is 6.07 Å². The standard InChI is InChI=1S/C9H15N3/c1-2-3-4-5-8-6-7-11-9(10)12-8/h6-7H,2-5H2,1H3,(H2,10,11,12). The zero-order valence-electron chi connectivity index (χ0n) is 7.45. The van der Waals surface area contributed by atoms with Crippen molar-refractivity contribution in [1.29, 1.82) is 0 Å². The van der Waals surface area contributed by atoms with Crippen LogP contribution in [0.2, 0.25) is 0 Å². The Morgan fingerprint density at radius 1 is 1.42 bits per heavy atom. The molecule has 1 aromatic heterocycles. The summed E-state index contributed by atoms with van der Waals surface area (Å²) < 4.78 is 0. The lowest BCUT2D eigenvalue weighted by Crippen LogP contribution is -1.98. The minimum atomic E-state index is 0.379. The maximum atomic E-state index is 5.44. The number of unbranched alkanes of at least 4 members (excludes halogenated alkanes) is 2. The molecule has 3 nitrogen and oxygen atoms in total. The third-order valence-corrected chi connectivity index (χ3v) is 1.77. The van der Waals surface area contributed by atoms with Gasteiger partial charge in [0.05, 0.1) is 0 Å². The molecule has 0 spiro atoms. The van der Waals surface area contributed by atoms with E-state index in [-0.39, 0.29) is 0 Å². The first-order valence-electron chi connectivity index (χ1n) is 4.40. The molecule has 0 unspecified atom stereocenters. The second kappa shape index (κ2) is 4.70. The number of hydrogen-bond donors (Lipinski definition) is 1. The second-order valence-corrected chi connectivity index (χ2v) is 2.86. The number of rotatable bonds is 4. The predicted octanol–water partition coefficient (Wildman–Crippen LogP) is 1.79. The molecule has 1 heterocycles. The summed E-state index contributed by atoms with van der Waals surface area (Å²) in [5.74, 6) is 0.379. The Labute approximate surface area is 73.0 Å². The zero-order chi connectivity index (χ0) is 8.81. The van der Waals surface area contributed by atoms with Gasteiger partial charge in [0.1, 0.15) is 0 Å². The van der Waals surface area contributed by atoms with Gasteiger partial charge in [0.15, 0.2) is 0 Å². The zero-order valence-corrected chi connectivity index (χ0v) is 7.45.